The van der Waals surface area contributed by atoms with Gasteiger partial charge in [-0.2, -0.15) is 0 Å². The van der Waals surface area contributed by atoms with Crippen LogP contribution in [0.1, 0.15) is 0 Å². The van der Waals surface area contributed by atoms with Crippen molar-refractivity contribution in [1.29, 1.82) is 0 Å². The van der Waals surface area contributed by atoms with Crippen molar-refractivity contribution in [2.24, 2.45) is 0 Å². The molecule has 1 aromatic carbocycles. The van der Waals surface area contributed by atoms with Gasteiger partial charge in [0.2, 0.25) is 0 Å². The van der Waals surface area contributed by atoms with Gasteiger partial charge in [-0.25, -0.2) is 0 Å². The van der Waals surface area contributed by atoms with Gasteiger partial charge in [-0.05, 0) is 12.1 Å². The van der Waals surface area contributed by atoms with Crippen LogP contribution in [-0.4, -0.2) is 20.2 Å². The molecule has 0 bridgehead atoms. The van der Waals surface area contributed by atoms with Crippen molar-refractivity contribution in [3.8, 4) is 5.75 Å². The Bertz CT molecular complexity index is 242. The molecule has 3 heteroatoms. The zero-order chi connectivity index (χ0) is 9.73. The van der Waals surface area contributed by atoms with Crippen molar-refractivity contribution in [1.82, 2.24) is 0 Å². The molecule has 0 unspecified atom stereocenters. The molecule has 0 atom stereocenters. The largest absolute Gasteiger partial charge is 0.439 e. The molecule has 0 aliphatic heterocycles. The Hall–Kier alpha value is -1.06. The molecule has 13 heavy (non-hydrogen) atoms. The standard InChI is InChI=1S/C10H13O3/c1-10(11-2,12-3)13-9-7-5-4-6-8-9/h4-8H,1H2,2-3H3. The molecule has 1 aromatic rings. The molecule has 0 saturated carbocycles. The van der Waals surface area contributed by atoms with Crippen molar-refractivity contribution in [2.75, 3.05) is 14.2 Å². The first-order chi connectivity index (χ1) is 6.20. The van der Waals surface area contributed by atoms with Crippen LogP contribution in [0.5, 0.6) is 5.75 Å². The van der Waals surface area contributed by atoms with Crippen LogP contribution in [-0.2, 0) is 9.47 Å². The van der Waals surface area contributed by atoms with Gasteiger partial charge in [0.1, 0.15) is 5.75 Å². The van der Waals surface area contributed by atoms with E-state index in [4.69, 9.17) is 14.2 Å². The summed E-state index contributed by atoms with van der Waals surface area (Å²) < 4.78 is 15.2. The van der Waals surface area contributed by atoms with Crippen LogP contribution < -0.4 is 4.74 Å². The van der Waals surface area contributed by atoms with Gasteiger partial charge < -0.3 is 14.2 Å². The third-order valence-electron chi connectivity index (χ3n) is 1.64. The first-order valence-corrected chi connectivity index (χ1v) is 3.90. The predicted molar refractivity (Wildman–Crippen MR) is 49.2 cm³/mol. The summed E-state index contributed by atoms with van der Waals surface area (Å²) in [4.78, 5) is 0. The number of ether oxygens (including phenoxy) is 3. The van der Waals surface area contributed by atoms with E-state index in [1.54, 1.807) is 12.1 Å². The van der Waals surface area contributed by atoms with E-state index in [1.807, 2.05) is 18.2 Å². The molecule has 0 amide bonds. The third kappa shape index (κ3) is 2.72. The second-order valence-electron chi connectivity index (χ2n) is 2.51. The first-order valence-electron chi connectivity index (χ1n) is 3.90. The third-order valence-corrected chi connectivity index (χ3v) is 1.64. The lowest BCUT2D eigenvalue weighted by Gasteiger charge is -2.26. The zero-order valence-electron chi connectivity index (χ0n) is 7.82. The van der Waals surface area contributed by atoms with Gasteiger partial charge in [0, 0.05) is 14.2 Å². The van der Waals surface area contributed by atoms with Crippen LogP contribution >= 0.6 is 0 Å². The lowest BCUT2D eigenvalue weighted by molar-refractivity contribution is -0.289. The zero-order valence-corrected chi connectivity index (χ0v) is 7.82. The Kier molecular flexibility index (Phi) is 3.28. The van der Waals surface area contributed by atoms with Crippen LogP contribution in [0.4, 0.5) is 0 Å². The predicted octanol–water partition coefficient (Wildman–Crippen LogP) is 1.85. The number of methoxy groups -OCH3 is 2. The molecule has 0 saturated heterocycles. The van der Waals surface area contributed by atoms with Crippen LogP contribution in [0.3, 0.4) is 0 Å². The van der Waals surface area contributed by atoms with E-state index < -0.39 is 5.97 Å². The Morgan fingerprint density at radius 2 is 1.62 bits per heavy atom. The summed E-state index contributed by atoms with van der Waals surface area (Å²) in [5.41, 5.74) is 0. The Labute approximate surface area is 78.2 Å². The summed E-state index contributed by atoms with van der Waals surface area (Å²) in [5.74, 6) is -0.609. The Morgan fingerprint density at radius 1 is 1.08 bits per heavy atom. The molecule has 0 N–H and O–H groups in total. The summed E-state index contributed by atoms with van der Waals surface area (Å²) >= 11 is 0. The van der Waals surface area contributed by atoms with Crippen molar-refractivity contribution < 1.29 is 14.2 Å². The van der Waals surface area contributed by atoms with E-state index in [0.29, 0.717) is 5.75 Å². The molecule has 0 spiro atoms. The maximum absolute atomic E-state index is 5.34. The van der Waals surface area contributed by atoms with E-state index in [0.717, 1.165) is 0 Å². The van der Waals surface area contributed by atoms with E-state index in [2.05, 4.69) is 6.92 Å². The summed E-state index contributed by atoms with van der Waals surface area (Å²) in [7, 11) is 2.94. The topological polar surface area (TPSA) is 27.7 Å². The number of para-hydroxylation sites is 1. The number of hydrogen-bond acceptors (Lipinski definition) is 3. The molecule has 1 rings (SSSR count). The molecule has 0 aromatic heterocycles. The summed E-state index contributed by atoms with van der Waals surface area (Å²) in [6.07, 6.45) is 0. The van der Waals surface area contributed by atoms with Crippen LogP contribution in [0.15, 0.2) is 30.3 Å². The normalized spacial score (nSPS) is 11.3. The highest BCUT2D eigenvalue weighted by atomic mass is 16.9. The molecule has 0 aliphatic rings. The fourth-order valence-corrected chi connectivity index (χ4v) is 0.835. The minimum Gasteiger partial charge on any atom is -0.439 e. The smallest absolute Gasteiger partial charge is 0.326 e. The highest BCUT2D eigenvalue weighted by Crippen LogP contribution is 2.18. The molecule has 1 radical (unpaired) electrons. The lowest BCUT2D eigenvalue weighted by atomic mass is 10.3. The summed E-state index contributed by atoms with van der Waals surface area (Å²) in [6, 6.07) is 9.23. The monoisotopic (exact) mass is 181 g/mol. The van der Waals surface area contributed by atoms with Gasteiger partial charge >= 0.3 is 5.97 Å². The minimum absolute atomic E-state index is 0.654. The lowest BCUT2D eigenvalue weighted by Crippen LogP contribution is -2.36. The maximum Gasteiger partial charge on any atom is 0.326 e. The highest BCUT2D eigenvalue weighted by Gasteiger charge is 2.25. The van der Waals surface area contributed by atoms with Gasteiger partial charge in [-0.15, -0.1) is 0 Å². The quantitative estimate of drug-likeness (QED) is 0.663. The fraction of sp³-hybridized carbons (Fsp3) is 0.300. The fourth-order valence-electron chi connectivity index (χ4n) is 0.835. The molecule has 71 valence electrons. The van der Waals surface area contributed by atoms with Gasteiger partial charge in [0.05, 0.1) is 6.92 Å². The molecular weight excluding hydrogens is 168 g/mol. The SMILES string of the molecule is [CH2]C(OC)(OC)Oc1ccccc1. The summed E-state index contributed by atoms with van der Waals surface area (Å²) in [6.45, 7) is 3.64. The maximum atomic E-state index is 5.34. The second kappa shape index (κ2) is 4.25. The van der Waals surface area contributed by atoms with Gasteiger partial charge in [-0.1, -0.05) is 18.2 Å². The molecule has 0 aliphatic carbocycles. The van der Waals surface area contributed by atoms with Crippen molar-refractivity contribution in [2.45, 2.75) is 5.97 Å². The minimum atomic E-state index is -1.26. The highest BCUT2D eigenvalue weighted by molar-refractivity contribution is 5.21. The summed E-state index contributed by atoms with van der Waals surface area (Å²) in [5, 5.41) is 0. The average Bonchev–Trinajstić information content (AvgIpc) is 2.19. The van der Waals surface area contributed by atoms with E-state index >= 15 is 0 Å². The van der Waals surface area contributed by atoms with E-state index in [9.17, 15) is 0 Å². The Morgan fingerprint density at radius 3 is 2.08 bits per heavy atom. The number of rotatable bonds is 4. The number of benzene rings is 1. The molecular formula is C10H13O3. The second-order valence-corrected chi connectivity index (χ2v) is 2.51. The van der Waals surface area contributed by atoms with Crippen LogP contribution in [0.25, 0.3) is 0 Å². The van der Waals surface area contributed by atoms with Crippen molar-refractivity contribution in [3.05, 3.63) is 37.3 Å². The van der Waals surface area contributed by atoms with Gasteiger partial charge in [-0.3, -0.25) is 0 Å². The average molecular weight is 181 g/mol. The van der Waals surface area contributed by atoms with Gasteiger partial charge in [0.15, 0.2) is 0 Å². The van der Waals surface area contributed by atoms with E-state index in [1.165, 1.54) is 14.2 Å². The molecule has 0 fully saturated rings. The molecule has 3 nitrogen and oxygen atoms in total. The Balaban J connectivity index is 2.68. The first kappa shape index (κ1) is 10.0. The van der Waals surface area contributed by atoms with Crippen molar-refractivity contribution in [3.63, 3.8) is 0 Å². The van der Waals surface area contributed by atoms with Crippen molar-refractivity contribution >= 4 is 0 Å². The van der Waals surface area contributed by atoms with E-state index in [-0.39, 0.29) is 0 Å². The van der Waals surface area contributed by atoms with Crippen LogP contribution in [0, 0.1) is 6.92 Å². The number of hydrogen-bond donors (Lipinski definition) is 0. The molecule has 0 heterocycles. The van der Waals surface area contributed by atoms with Gasteiger partial charge in [0.25, 0.3) is 0 Å². The van der Waals surface area contributed by atoms with Crippen LogP contribution in [0.2, 0.25) is 0 Å².